The first-order valence-corrected chi connectivity index (χ1v) is 14.7. The summed E-state index contributed by atoms with van der Waals surface area (Å²) < 4.78 is 18.9. The number of unbranched alkanes of at least 4 members (excludes halogenated alkanes) is 1. The molecule has 1 atom stereocenters. The number of aryl methyl sites for hydroxylation is 2. The van der Waals surface area contributed by atoms with Gasteiger partial charge in [-0.15, -0.1) is 0 Å². The molecule has 0 bridgehead atoms. The van der Waals surface area contributed by atoms with Gasteiger partial charge < -0.3 is 24.1 Å². The average Bonchev–Trinajstić information content (AvgIpc) is 3.36. The van der Waals surface area contributed by atoms with E-state index in [0.29, 0.717) is 37.0 Å². The second kappa shape index (κ2) is 15.1. The molecule has 1 aromatic heterocycles. The van der Waals surface area contributed by atoms with Gasteiger partial charge in [0.2, 0.25) is 5.91 Å². The molecule has 41 heavy (non-hydrogen) atoms. The van der Waals surface area contributed by atoms with Crippen LogP contribution in [0.5, 0.6) is 17.2 Å². The van der Waals surface area contributed by atoms with E-state index in [-0.39, 0.29) is 5.91 Å². The third-order valence-corrected chi connectivity index (χ3v) is 7.55. The number of imidazole rings is 1. The van der Waals surface area contributed by atoms with Crippen LogP contribution in [-0.2, 0) is 24.2 Å². The van der Waals surface area contributed by atoms with E-state index in [9.17, 15) is 4.79 Å². The molecule has 0 saturated heterocycles. The molecule has 4 rings (SSSR count). The van der Waals surface area contributed by atoms with Gasteiger partial charge in [-0.25, -0.2) is 4.98 Å². The predicted octanol–water partition coefficient (Wildman–Crippen LogP) is 6.72. The Morgan fingerprint density at radius 1 is 0.951 bits per heavy atom. The number of hydrogen-bond acceptors (Lipinski definition) is 5. The summed E-state index contributed by atoms with van der Waals surface area (Å²) in [5, 5.41) is 3.04. The summed E-state index contributed by atoms with van der Waals surface area (Å²) in [6.45, 7) is 6.64. The van der Waals surface area contributed by atoms with Gasteiger partial charge in [0.25, 0.3) is 0 Å². The van der Waals surface area contributed by atoms with Crippen molar-refractivity contribution < 1.29 is 19.0 Å². The maximum Gasteiger partial charge on any atom is 0.224 e. The number of para-hydroxylation sites is 2. The molecule has 0 saturated carbocycles. The van der Waals surface area contributed by atoms with Crippen LogP contribution in [0.4, 0.5) is 0 Å². The van der Waals surface area contributed by atoms with Gasteiger partial charge in [0, 0.05) is 19.5 Å². The zero-order chi connectivity index (χ0) is 29.0. The Hall–Kier alpha value is -4.00. The highest BCUT2D eigenvalue weighted by Crippen LogP contribution is 2.27. The summed E-state index contributed by atoms with van der Waals surface area (Å²) >= 11 is 0. The summed E-state index contributed by atoms with van der Waals surface area (Å²) in [6, 6.07) is 22.3. The van der Waals surface area contributed by atoms with Crippen LogP contribution in [-0.4, -0.2) is 42.8 Å². The molecule has 1 heterocycles. The van der Waals surface area contributed by atoms with Gasteiger partial charge in [0.05, 0.1) is 38.3 Å². The summed E-state index contributed by atoms with van der Waals surface area (Å²) in [6.07, 6.45) is 5.01. The first-order valence-electron chi connectivity index (χ1n) is 14.7. The number of fused-ring (bicyclic) bond motifs is 1. The molecule has 218 valence electrons. The van der Waals surface area contributed by atoms with Crippen LogP contribution >= 0.6 is 0 Å². The largest absolute Gasteiger partial charge is 0.494 e. The average molecular weight is 558 g/mol. The number of nitrogens with one attached hydrogen (secondary N) is 1. The van der Waals surface area contributed by atoms with E-state index < -0.39 is 0 Å². The zero-order valence-electron chi connectivity index (χ0n) is 24.8. The van der Waals surface area contributed by atoms with E-state index in [1.165, 1.54) is 5.56 Å². The SMILES string of the molecule is CCC(C)c1ccc(OCCCCn2c(CCCNC(=O)Cc3ccc(OC)c(OC)c3)nc3ccccc32)cc1. The number of carbonyl (C=O) groups is 1. The Morgan fingerprint density at radius 2 is 1.73 bits per heavy atom. The van der Waals surface area contributed by atoms with Gasteiger partial charge in [-0.2, -0.15) is 0 Å². The second-order valence-corrected chi connectivity index (χ2v) is 10.4. The summed E-state index contributed by atoms with van der Waals surface area (Å²) in [4.78, 5) is 17.4. The minimum Gasteiger partial charge on any atom is -0.494 e. The highest BCUT2D eigenvalue weighted by atomic mass is 16.5. The summed E-state index contributed by atoms with van der Waals surface area (Å²) in [7, 11) is 3.19. The van der Waals surface area contributed by atoms with Crippen LogP contribution in [0.25, 0.3) is 11.0 Å². The van der Waals surface area contributed by atoms with E-state index >= 15 is 0 Å². The molecule has 0 spiro atoms. The molecule has 1 unspecified atom stereocenters. The van der Waals surface area contributed by atoms with E-state index in [1.807, 2.05) is 24.3 Å². The molecule has 0 fully saturated rings. The predicted molar refractivity (Wildman–Crippen MR) is 164 cm³/mol. The lowest BCUT2D eigenvalue weighted by atomic mass is 9.99. The van der Waals surface area contributed by atoms with Crippen molar-refractivity contribution in [3.05, 3.63) is 83.7 Å². The van der Waals surface area contributed by atoms with Crippen LogP contribution in [0.3, 0.4) is 0 Å². The van der Waals surface area contributed by atoms with Crippen molar-refractivity contribution in [1.29, 1.82) is 0 Å². The van der Waals surface area contributed by atoms with E-state index in [4.69, 9.17) is 19.2 Å². The van der Waals surface area contributed by atoms with Gasteiger partial charge in [-0.05, 0) is 79.1 Å². The van der Waals surface area contributed by atoms with Crippen molar-refractivity contribution in [2.45, 2.75) is 64.8 Å². The van der Waals surface area contributed by atoms with Crippen molar-refractivity contribution in [2.75, 3.05) is 27.4 Å². The quantitative estimate of drug-likeness (QED) is 0.155. The molecular formula is C34H43N3O4. The van der Waals surface area contributed by atoms with Crippen LogP contribution in [0, 0.1) is 0 Å². The van der Waals surface area contributed by atoms with Gasteiger partial charge >= 0.3 is 0 Å². The van der Waals surface area contributed by atoms with Crippen molar-refractivity contribution in [1.82, 2.24) is 14.9 Å². The molecule has 3 aromatic carbocycles. The van der Waals surface area contributed by atoms with E-state index in [1.54, 1.807) is 14.2 Å². The Morgan fingerprint density at radius 3 is 2.49 bits per heavy atom. The molecule has 7 heteroatoms. The number of aromatic nitrogens is 2. The number of carbonyl (C=O) groups excluding carboxylic acids is 1. The molecule has 0 aliphatic carbocycles. The number of ether oxygens (including phenoxy) is 3. The minimum atomic E-state index is -0.0137. The Balaban J connectivity index is 1.24. The van der Waals surface area contributed by atoms with Gasteiger partial charge in [0.1, 0.15) is 11.6 Å². The summed E-state index contributed by atoms with van der Waals surface area (Å²) in [5.41, 5.74) is 4.41. The molecule has 4 aromatic rings. The van der Waals surface area contributed by atoms with Gasteiger partial charge in [-0.1, -0.05) is 44.2 Å². The topological polar surface area (TPSA) is 74.6 Å². The maximum absolute atomic E-state index is 12.5. The molecule has 0 aliphatic rings. The number of hydrogen-bond donors (Lipinski definition) is 1. The fourth-order valence-electron chi connectivity index (χ4n) is 4.97. The molecule has 7 nitrogen and oxygen atoms in total. The minimum absolute atomic E-state index is 0.0137. The van der Waals surface area contributed by atoms with Crippen LogP contribution in [0.15, 0.2) is 66.7 Å². The Bertz CT molecular complexity index is 1400. The van der Waals surface area contributed by atoms with Crippen LogP contribution < -0.4 is 19.5 Å². The highest BCUT2D eigenvalue weighted by Gasteiger charge is 2.12. The number of methoxy groups -OCH3 is 2. The summed E-state index contributed by atoms with van der Waals surface area (Å²) in [5.74, 6) is 3.82. The van der Waals surface area contributed by atoms with E-state index in [0.717, 1.165) is 66.8 Å². The van der Waals surface area contributed by atoms with Crippen molar-refractivity contribution in [2.24, 2.45) is 0 Å². The maximum atomic E-state index is 12.5. The fourth-order valence-corrected chi connectivity index (χ4v) is 4.97. The van der Waals surface area contributed by atoms with Crippen LogP contribution in [0.2, 0.25) is 0 Å². The lowest BCUT2D eigenvalue weighted by molar-refractivity contribution is -0.120. The number of rotatable bonds is 16. The van der Waals surface area contributed by atoms with Gasteiger partial charge in [0.15, 0.2) is 11.5 Å². The second-order valence-electron chi connectivity index (χ2n) is 10.4. The molecule has 0 aliphatic heterocycles. The number of amides is 1. The van der Waals surface area contributed by atoms with Crippen molar-refractivity contribution >= 4 is 16.9 Å². The lowest BCUT2D eigenvalue weighted by Crippen LogP contribution is -2.26. The van der Waals surface area contributed by atoms with Crippen molar-refractivity contribution in [3.63, 3.8) is 0 Å². The zero-order valence-corrected chi connectivity index (χ0v) is 24.8. The third-order valence-electron chi connectivity index (χ3n) is 7.55. The molecule has 0 radical (unpaired) electrons. The van der Waals surface area contributed by atoms with E-state index in [2.05, 4.69) is 66.2 Å². The lowest BCUT2D eigenvalue weighted by Gasteiger charge is -2.12. The molecule has 1 amide bonds. The number of nitrogens with zero attached hydrogens (tertiary/aromatic N) is 2. The standard InChI is InChI=1S/C34H43N3O4/c1-5-25(2)27-15-17-28(18-16-27)41-22-9-8-21-37-30-12-7-6-11-29(30)36-33(37)13-10-20-35-34(38)24-26-14-19-31(39-3)32(23-26)40-4/h6-7,11-12,14-19,23,25H,5,8-10,13,20-22,24H2,1-4H3,(H,35,38). The smallest absolute Gasteiger partial charge is 0.224 e. The normalized spacial score (nSPS) is 11.8. The molecule has 1 N–H and O–H groups in total. The first kappa shape index (κ1) is 30.0. The Kier molecular flexibility index (Phi) is 11.1. The third kappa shape index (κ3) is 8.26. The molecular weight excluding hydrogens is 514 g/mol. The van der Waals surface area contributed by atoms with Crippen molar-refractivity contribution in [3.8, 4) is 17.2 Å². The fraction of sp³-hybridized carbons (Fsp3) is 0.412. The number of benzene rings is 3. The first-order chi connectivity index (χ1) is 20.0. The van der Waals surface area contributed by atoms with Crippen LogP contribution in [0.1, 0.15) is 62.4 Å². The highest BCUT2D eigenvalue weighted by molar-refractivity contribution is 5.79. The Labute approximate surface area is 243 Å². The monoisotopic (exact) mass is 557 g/mol. The van der Waals surface area contributed by atoms with Gasteiger partial charge in [-0.3, -0.25) is 4.79 Å².